The van der Waals surface area contributed by atoms with Crippen molar-refractivity contribution < 1.29 is 9.53 Å². The number of ether oxygens (including phenoxy) is 1. The van der Waals surface area contributed by atoms with Gasteiger partial charge in [0.05, 0.1) is 7.11 Å². The number of benzene rings is 1. The molecule has 3 nitrogen and oxygen atoms in total. The molecule has 1 saturated heterocycles. The lowest BCUT2D eigenvalue weighted by atomic mass is 10.2. The number of amides is 1. The van der Waals surface area contributed by atoms with Crippen molar-refractivity contribution >= 4 is 27.5 Å². The van der Waals surface area contributed by atoms with Gasteiger partial charge in [-0.25, -0.2) is 0 Å². The molecule has 4 heteroatoms. The second kappa shape index (κ2) is 4.87. The Labute approximate surface area is 104 Å². The first-order valence-electron chi connectivity index (χ1n) is 5.25. The fourth-order valence-corrected chi connectivity index (χ4v) is 2.33. The number of anilines is 1. The van der Waals surface area contributed by atoms with Crippen LogP contribution >= 0.6 is 15.9 Å². The average molecular weight is 284 g/mol. The maximum atomic E-state index is 11.8. The van der Waals surface area contributed by atoms with Crippen molar-refractivity contribution in [3.05, 3.63) is 24.3 Å². The second-order valence-corrected chi connectivity index (χ2v) is 4.57. The summed E-state index contributed by atoms with van der Waals surface area (Å²) in [5, 5.41) is 0.880. The third-order valence-corrected chi connectivity index (χ3v) is 3.72. The van der Waals surface area contributed by atoms with E-state index in [4.69, 9.17) is 4.74 Å². The minimum Gasteiger partial charge on any atom is -0.497 e. The highest BCUT2D eigenvalue weighted by atomic mass is 79.9. The molecule has 1 amide bonds. The van der Waals surface area contributed by atoms with Crippen molar-refractivity contribution in [1.29, 1.82) is 0 Å². The predicted octanol–water partition coefficient (Wildman–Crippen LogP) is 2.44. The number of alkyl halides is 1. The number of halogens is 1. The van der Waals surface area contributed by atoms with E-state index in [-0.39, 0.29) is 5.91 Å². The van der Waals surface area contributed by atoms with Gasteiger partial charge in [-0.05, 0) is 30.2 Å². The van der Waals surface area contributed by atoms with E-state index in [9.17, 15) is 4.79 Å². The monoisotopic (exact) mass is 283 g/mol. The minimum absolute atomic E-state index is 0.203. The third kappa shape index (κ3) is 2.21. The molecule has 1 aliphatic heterocycles. The lowest BCUT2D eigenvalue weighted by molar-refractivity contribution is -0.117. The highest BCUT2D eigenvalue weighted by Crippen LogP contribution is 2.27. The molecule has 1 aliphatic rings. The van der Waals surface area contributed by atoms with Gasteiger partial charge in [0.2, 0.25) is 5.91 Å². The van der Waals surface area contributed by atoms with Gasteiger partial charge in [0.25, 0.3) is 0 Å². The molecule has 1 unspecified atom stereocenters. The van der Waals surface area contributed by atoms with E-state index in [2.05, 4.69) is 15.9 Å². The van der Waals surface area contributed by atoms with E-state index in [0.29, 0.717) is 12.3 Å². The van der Waals surface area contributed by atoms with Gasteiger partial charge >= 0.3 is 0 Å². The first kappa shape index (κ1) is 11.5. The average Bonchev–Trinajstić information content (AvgIpc) is 2.71. The number of carbonyl (C=O) groups excluding carboxylic acids is 1. The zero-order valence-corrected chi connectivity index (χ0v) is 10.7. The standard InChI is InChI=1S/C12H14BrNO2/c1-16-11-4-2-10(3-5-11)14-8-9(7-13)6-12(14)15/h2-5,9H,6-8H2,1H3. The second-order valence-electron chi connectivity index (χ2n) is 3.93. The van der Waals surface area contributed by atoms with E-state index in [0.717, 1.165) is 23.3 Å². The van der Waals surface area contributed by atoms with Crippen molar-refractivity contribution in [3.63, 3.8) is 0 Å². The molecule has 1 heterocycles. The lowest BCUT2D eigenvalue weighted by Crippen LogP contribution is -2.24. The quantitative estimate of drug-likeness (QED) is 0.798. The van der Waals surface area contributed by atoms with Crippen molar-refractivity contribution in [2.75, 3.05) is 23.9 Å². The summed E-state index contributed by atoms with van der Waals surface area (Å²) in [5.41, 5.74) is 0.953. The van der Waals surface area contributed by atoms with E-state index in [1.807, 2.05) is 29.2 Å². The Bertz CT molecular complexity index is 377. The van der Waals surface area contributed by atoms with E-state index < -0.39 is 0 Å². The van der Waals surface area contributed by atoms with Gasteiger partial charge < -0.3 is 9.64 Å². The molecule has 1 aromatic rings. The van der Waals surface area contributed by atoms with Gasteiger partial charge in [0.15, 0.2) is 0 Å². The van der Waals surface area contributed by atoms with Crippen LogP contribution in [0.15, 0.2) is 24.3 Å². The number of methoxy groups -OCH3 is 1. The molecule has 16 heavy (non-hydrogen) atoms. The number of carbonyl (C=O) groups is 1. The SMILES string of the molecule is COc1ccc(N2CC(CBr)CC2=O)cc1. The largest absolute Gasteiger partial charge is 0.497 e. The number of hydrogen-bond acceptors (Lipinski definition) is 2. The van der Waals surface area contributed by atoms with Crippen LogP contribution in [0.25, 0.3) is 0 Å². The molecule has 0 spiro atoms. The van der Waals surface area contributed by atoms with Gasteiger partial charge in [0.1, 0.15) is 5.75 Å². The van der Waals surface area contributed by atoms with Gasteiger partial charge in [-0.3, -0.25) is 4.79 Å². The van der Waals surface area contributed by atoms with E-state index >= 15 is 0 Å². The smallest absolute Gasteiger partial charge is 0.227 e. The highest BCUT2D eigenvalue weighted by Gasteiger charge is 2.29. The molecule has 2 rings (SSSR count). The first-order chi connectivity index (χ1) is 7.74. The van der Waals surface area contributed by atoms with Crippen LogP contribution in [0.4, 0.5) is 5.69 Å². The Morgan fingerprint density at radius 1 is 1.44 bits per heavy atom. The molecule has 0 saturated carbocycles. The summed E-state index contributed by atoms with van der Waals surface area (Å²) in [6.45, 7) is 0.802. The van der Waals surface area contributed by atoms with Crippen LogP contribution < -0.4 is 9.64 Å². The van der Waals surface area contributed by atoms with Crippen molar-refractivity contribution in [1.82, 2.24) is 0 Å². The van der Waals surface area contributed by atoms with Crippen LogP contribution in [-0.2, 0) is 4.79 Å². The predicted molar refractivity (Wildman–Crippen MR) is 67.2 cm³/mol. The summed E-state index contributed by atoms with van der Waals surface area (Å²) in [6, 6.07) is 7.61. The zero-order chi connectivity index (χ0) is 11.5. The van der Waals surface area contributed by atoms with E-state index in [1.54, 1.807) is 7.11 Å². The van der Waals surface area contributed by atoms with Gasteiger partial charge in [-0.15, -0.1) is 0 Å². The van der Waals surface area contributed by atoms with Gasteiger partial charge in [-0.1, -0.05) is 15.9 Å². The minimum atomic E-state index is 0.203. The summed E-state index contributed by atoms with van der Waals surface area (Å²) in [4.78, 5) is 13.6. The molecule has 1 atom stereocenters. The lowest BCUT2D eigenvalue weighted by Gasteiger charge is -2.16. The molecule has 0 aromatic heterocycles. The van der Waals surface area contributed by atoms with Crippen LogP contribution in [0.2, 0.25) is 0 Å². The highest BCUT2D eigenvalue weighted by molar-refractivity contribution is 9.09. The Balaban J connectivity index is 2.15. The van der Waals surface area contributed by atoms with Crippen molar-refractivity contribution in [3.8, 4) is 5.75 Å². The van der Waals surface area contributed by atoms with Gasteiger partial charge in [0, 0.05) is 24.0 Å². The third-order valence-electron chi connectivity index (χ3n) is 2.81. The fraction of sp³-hybridized carbons (Fsp3) is 0.417. The molecule has 0 aliphatic carbocycles. The van der Waals surface area contributed by atoms with Crippen LogP contribution in [-0.4, -0.2) is 24.9 Å². The normalized spacial score (nSPS) is 20.2. The summed E-state index contributed by atoms with van der Waals surface area (Å²) in [7, 11) is 1.64. The van der Waals surface area contributed by atoms with Crippen molar-refractivity contribution in [2.45, 2.75) is 6.42 Å². The fourth-order valence-electron chi connectivity index (χ4n) is 1.90. The maximum Gasteiger partial charge on any atom is 0.227 e. The summed E-state index contributed by atoms with van der Waals surface area (Å²) < 4.78 is 5.09. The molecule has 1 aromatic carbocycles. The van der Waals surface area contributed by atoms with Crippen molar-refractivity contribution in [2.24, 2.45) is 5.92 Å². The molecule has 0 bridgehead atoms. The van der Waals surface area contributed by atoms with Crippen LogP contribution in [0.3, 0.4) is 0 Å². The zero-order valence-electron chi connectivity index (χ0n) is 9.15. The number of hydrogen-bond donors (Lipinski definition) is 0. The molecule has 86 valence electrons. The topological polar surface area (TPSA) is 29.5 Å². The maximum absolute atomic E-state index is 11.8. The van der Waals surface area contributed by atoms with Crippen LogP contribution in [0, 0.1) is 5.92 Å². The Morgan fingerprint density at radius 2 is 2.12 bits per heavy atom. The summed E-state index contributed by atoms with van der Waals surface area (Å²) >= 11 is 3.43. The van der Waals surface area contributed by atoms with Gasteiger partial charge in [-0.2, -0.15) is 0 Å². The first-order valence-corrected chi connectivity index (χ1v) is 6.37. The summed E-state index contributed by atoms with van der Waals surface area (Å²) in [5.74, 6) is 1.44. The molecule has 0 radical (unpaired) electrons. The van der Waals surface area contributed by atoms with Crippen LogP contribution in [0.1, 0.15) is 6.42 Å². The Morgan fingerprint density at radius 3 is 2.62 bits per heavy atom. The van der Waals surface area contributed by atoms with Crippen LogP contribution in [0.5, 0.6) is 5.75 Å². The number of rotatable bonds is 3. The number of nitrogens with zero attached hydrogens (tertiary/aromatic N) is 1. The molecular weight excluding hydrogens is 270 g/mol. The molecular formula is C12H14BrNO2. The molecule has 1 fully saturated rings. The van der Waals surface area contributed by atoms with E-state index in [1.165, 1.54) is 0 Å². The Hall–Kier alpha value is -1.03. The molecule has 0 N–H and O–H groups in total. The Kier molecular flexibility index (Phi) is 3.49. The summed E-state index contributed by atoms with van der Waals surface area (Å²) in [6.07, 6.45) is 0.636.